The van der Waals surface area contributed by atoms with Crippen LogP contribution in [0.25, 0.3) is 0 Å². The Balaban J connectivity index is 1.98. The van der Waals surface area contributed by atoms with Crippen LogP contribution in [0.2, 0.25) is 0 Å². The zero-order valence-corrected chi connectivity index (χ0v) is 10.1. The van der Waals surface area contributed by atoms with Crippen molar-refractivity contribution < 1.29 is 24.5 Å². The van der Waals surface area contributed by atoms with E-state index in [2.05, 4.69) is 5.32 Å². The van der Waals surface area contributed by atoms with Crippen molar-refractivity contribution in [2.45, 2.75) is 6.10 Å². The molecule has 1 aromatic rings. The van der Waals surface area contributed by atoms with Crippen molar-refractivity contribution in [3.8, 4) is 5.75 Å². The summed E-state index contributed by atoms with van der Waals surface area (Å²) in [6.07, 6.45) is -0.929. The number of benzene rings is 1. The Labute approximate surface area is 109 Å². The molecule has 3 amide bonds. The number of amides is 3. The normalized spacial score (nSPS) is 16.4. The molecule has 19 heavy (non-hydrogen) atoms. The molecule has 0 aliphatic carbocycles. The second-order valence-electron chi connectivity index (χ2n) is 4.08. The quantitative estimate of drug-likeness (QED) is 0.622. The van der Waals surface area contributed by atoms with Gasteiger partial charge in [-0.3, -0.25) is 15.0 Å². The van der Waals surface area contributed by atoms with Gasteiger partial charge in [0.25, 0.3) is 0 Å². The number of imide groups is 1. The van der Waals surface area contributed by atoms with Gasteiger partial charge in [-0.2, -0.15) is 0 Å². The lowest BCUT2D eigenvalue weighted by Crippen LogP contribution is -2.27. The summed E-state index contributed by atoms with van der Waals surface area (Å²) in [4.78, 5) is 23.8. The van der Waals surface area contributed by atoms with Crippen LogP contribution in [0.3, 0.4) is 0 Å². The standard InChI is InChI=1S/C12H14N2O5/c15-6-9(16)7-19-10-3-1-8(2-4-10)14-5-11(17)13-12(14)18/h1-4,9,15-16H,5-7H2,(H,13,17,18)/t9-/m1/s1. The molecule has 1 aliphatic rings. The van der Waals surface area contributed by atoms with E-state index >= 15 is 0 Å². The van der Waals surface area contributed by atoms with Gasteiger partial charge in [-0.1, -0.05) is 0 Å². The highest BCUT2D eigenvalue weighted by atomic mass is 16.5. The fraction of sp³-hybridized carbons (Fsp3) is 0.333. The smallest absolute Gasteiger partial charge is 0.329 e. The summed E-state index contributed by atoms with van der Waals surface area (Å²) < 4.78 is 5.23. The number of aliphatic hydroxyl groups excluding tert-OH is 2. The zero-order chi connectivity index (χ0) is 13.8. The first-order chi connectivity index (χ1) is 9.10. The number of nitrogens with zero attached hydrogens (tertiary/aromatic N) is 1. The molecule has 0 unspecified atom stereocenters. The number of aliphatic hydroxyl groups is 2. The van der Waals surface area contributed by atoms with Gasteiger partial charge in [0.15, 0.2) is 0 Å². The van der Waals surface area contributed by atoms with Gasteiger partial charge in [0.2, 0.25) is 5.91 Å². The molecule has 7 nitrogen and oxygen atoms in total. The van der Waals surface area contributed by atoms with E-state index < -0.39 is 12.1 Å². The summed E-state index contributed by atoms with van der Waals surface area (Å²) in [6.45, 7) is -0.380. The van der Waals surface area contributed by atoms with E-state index in [4.69, 9.17) is 14.9 Å². The number of carbonyl (C=O) groups is 2. The second-order valence-corrected chi connectivity index (χ2v) is 4.08. The average molecular weight is 266 g/mol. The van der Waals surface area contributed by atoms with Crippen molar-refractivity contribution >= 4 is 17.6 Å². The Kier molecular flexibility index (Phi) is 3.98. The maximum absolute atomic E-state index is 11.4. The van der Waals surface area contributed by atoms with Crippen LogP contribution in [0.1, 0.15) is 0 Å². The minimum Gasteiger partial charge on any atom is -0.491 e. The molecule has 1 heterocycles. The van der Waals surface area contributed by atoms with Crippen LogP contribution in [0.4, 0.5) is 10.5 Å². The number of carbonyl (C=O) groups excluding carboxylic acids is 2. The number of hydrogen-bond acceptors (Lipinski definition) is 5. The molecule has 102 valence electrons. The van der Waals surface area contributed by atoms with Crippen LogP contribution in [-0.2, 0) is 4.79 Å². The van der Waals surface area contributed by atoms with Crippen LogP contribution in [0.15, 0.2) is 24.3 Å². The molecule has 1 aliphatic heterocycles. The lowest BCUT2D eigenvalue weighted by atomic mass is 10.3. The van der Waals surface area contributed by atoms with E-state index in [1.54, 1.807) is 24.3 Å². The van der Waals surface area contributed by atoms with Crippen molar-refractivity contribution in [2.24, 2.45) is 0 Å². The molecular weight excluding hydrogens is 252 g/mol. The van der Waals surface area contributed by atoms with Gasteiger partial charge in [-0.05, 0) is 24.3 Å². The number of hydrogen-bond donors (Lipinski definition) is 3. The molecular formula is C12H14N2O5. The van der Waals surface area contributed by atoms with Gasteiger partial charge in [-0.25, -0.2) is 4.79 Å². The fourth-order valence-corrected chi connectivity index (χ4v) is 1.62. The van der Waals surface area contributed by atoms with Crippen molar-refractivity contribution in [1.82, 2.24) is 5.32 Å². The number of ether oxygens (including phenoxy) is 1. The average Bonchev–Trinajstić information content (AvgIpc) is 2.75. The monoisotopic (exact) mass is 266 g/mol. The summed E-state index contributed by atoms with van der Waals surface area (Å²) in [5.74, 6) is 0.165. The number of nitrogens with one attached hydrogen (secondary N) is 1. The highest BCUT2D eigenvalue weighted by Gasteiger charge is 2.27. The van der Waals surface area contributed by atoms with Gasteiger partial charge in [-0.15, -0.1) is 0 Å². The number of urea groups is 1. The summed E-state index contributed by atoms with van der Waals surface area (Å²) in [5.41, 5.74) is 0.582. The third-order valence-electron chi connectivity index (χ3n) is 2.59. The molecule has 7 heteroatoms. The van der Waals surface area contributed by atoms with E-state index in [0.29, 0.717) is 11.4 Å². The Hall–Kier alpha value is -2.12. The zero-order valence-electron chi connectivity index (χ0n) is 10.1. The molecule has 0 bridgehead atoms. The summed E-state index contributed by atoms with van der Waals surface area (Å²) >= 11 is 0. The first-order valence-electron chi connectivity index (χ1n) is 5.73. The Bertz CT molecular complexity index is 474. The largest absolute Gasteiger partial charge is 0.491 e. The van der Waals surface area contributed by atoms with Crippen LogP contribution < -0.4 is 15.0 Å². The molecule has 2 rings (SSSR count). The molecule has 0 spiro atoms. The third kappa shape index (κ3) is 3.21. The minimum absolute atomic E-state index is 0.00225. The summed E-state index contributed by atoms with van der Waals surface area (Å²) in [7, 11) is 0. The van der Waals surface area contributed by atoms with Crippen LogP contribution >= 0.6 is 0 Å². The van der Waals surface area contributed by atoms with E-state index in [1.807, 2.05) is 0 Å². The topological polar surface area (TPSA) is 99.1 Å². The van der Waals surface area contributed by atoms with E-state index in [9.17, 15) is 9.59 Å². The SMILES string of the molecule is O=C1CN(c2ccc(OC[C@H](O)CO)cc2)C(=O)N1. The Morgan fingerprint density at radius 2 is 2.00 bits per heavy atom. The van der Waals surface area contributed by atoms with Gasteiger partial charge in [0.05, 0.1) is 6.61 Å². The minimum atomic E-state index is -0.929. The summed E-state index contributed by atoms with van der Waals surface area (Å²) in [5, 5.41) is 20.0. The van der Waals surface area contributed by atoms with Gasteiger partial charge >= 0.3 is 6.03 Å². The van der Waals surface area contributed by atoms with Gasteiger partial charge in [0.1, 0.15) is 25.0 Å². The van der Waals surface area contributed by atoms with Crippen LogP contribution in [0, 0.1) is 0 Å². The highest BCUT2D eigenvalue weighted by molar-refractivity contribution is 6.12. The van der Waals surface area contributed by atoms with Crippen molar-refractivity contribution in [3.05, 3.63) is 24.3 Å². The van der Waals surface area contributed by atoms with E-state index in [0.717, 1.165) is 0 Å². The third-order valence-corrected chi connectivity index (χ3v) is 2.59. The van der Waals surface area contributed by atoms with E-state index in [1.165, 1.54) is 4.90 Å². The molecule has 1 saturated heterocycles. The Morgan fingerprint density at radius 1 is 1.32 bits per heavy atom. The lowest BCUT2D eigenvalue weighted by Gasteiger charge is -2.14. The molecule has 0 saturated carbocycles. The molecule has 3 N–H and O–H groups in total. The molecule has 1 atom stereocenters. The van der Waals surface area contributed by atoms with Crippen LogP contribution in [-0.4, -0.2) is 48.0 Å². The number of anilines is 1. The maximum atomic E-state index is 11.4. The first kappa shape index (κ1) is 13.3. The molecule has 0 aromatic heterocycles. The van der Waals surface area contributed by atoms with Gasteiger partial charge in [0, 0.05) is 5.69 Å². The Morgan fingerprint density at radius 3 is 2.53 bits per heavy atom. The van der Waals surface area contributed by atoms with Crippen molar-refractivity contribution in [3.63, 3.8) is 0 Å². The lowest BCUT2D eigenvalue weighted by molar-refractivity contribution is -0.117. The molecule has 1 fully saturated rings. The van der Waals surface area contributed by atoms with Gasteiger partial charge < -0.3 is 14.9 Å². The highest BCUT2D eigenvalue weighted by Crippen LogP contribution is 2.21. The fourth-order valence-electron chi connectivity index (χ4n) is 1.62. The van der Waals surface area contributed by atoms with Crippen molar-refractivity contribution in [2.75, 3.05) is 24.7 Å². The van der Waals surface area contributed by atoms with E-state index in [-0.39, 0.29) is 25.7 Å². The second kappa shape index (κ2) is 5.68. The predicted octanol–water partition coefficient (Wildman–Crippen LogP) is -0.525. The first-order valence-corrected chi connectivity index (χ1v) is 5.73. The predicted molar refractivity (Wildman–Crippen MR) is 65.9 cm³/mol. The van der Waals surface area contributed by atoms with Crippen molar-refractivity contribution in [1.29, 1.82) is 0 Å². The number of rotatable bonds is 5. The molecule has 1 aromatic carbocycles. The summed E-state index contributed by atoms with van der Waals surface area (Å²) in [6, 6.07) is 6.07. The van der Waals surface area contributed by atoms with Crippen LogP contribution in [0.5, 0.6) is 5.75 Å². The molecule has 0 radical (unpaired) electrons. The maximum Gasteiger partial charge on any atom is 0.329 e.